The van der Waals surface area contributed by atoms with Crippen LogP contribution in [-0.4, -0.2) is 33.1 Å². The minimum atomic E-state index is -0.438. The average Bonchev–Trinajstić information content (AvgIpc) is 3.20. The van der Waals surface area contributed by atoms with Crippen molar-refractivity contribution in [1.82, 2.24) is 14.8 Å². The molecule has 2 heterocycles. The zero-order chi connectivity index (χ0) is 22.5. The fourth-order valence-electron chi connectivity index (χ4n) is 3.59. The van der Waals surface area contributed by atoms with Crippen molar-refractivity contribution in [2.24, 2.45) is 0 Å². The summed E-state index contributed by atoms with van der Waals surface area (Å²) in [5.74, 6) is 1.86. The van der Waals surface area contributed by atoms with Crippen molar-refractivity contribution in [1.29, 1.82) is 0 Å². The summed E-state index contributed by atoms with van der Waals surface area (Å²) in [6.07, 6.45) is 0. The van der Waals surface area contributed by atoms with Crippen LogP contribution in [0.1, 0.15) is 37.9 Å². The van der Waals surface area contributed by atoms with Crippen molar-refractivity contribution in [2.75, 3.05) is 17.7 Å². The second kappa shape index (κ2) is 9.91. The lowest BCUT2D eigenvalue weighted by atomic mass is 9.96. The summed E-state index contributed by atoms with van der Waals surface area (Å²) in [5.41, 5.74) is 3.24. The first-order chi connectivity index (χ1) is 15.6. The number of benzene rings is 2. The van der Waals surface area contributed by atoms with Gasteiger partial charge in [0.15, 0.2) is 0 Å². The maximum Gasteiger partial charge on any atom is 0.338 e. The molecule has 1 unspecified atom stereocenters. The van der Waals surface area contributed by atoms with Crippen LogP contribution in [-0.2, 0) is 16.1 Å². The van der Waals surface area contributed by atoms with E-state index in [1.807, 2.05) is 61.5 Å². The number of allylic oxidation sites excluding steroid dienone is 1. The van der Waals surface area contributed by atoms with E-state index in [0.29, 0.717) is 35.6 Å². The second-order valence-electron chi connectivity index (χ2n) is 7.23. The minimum Gasteiger partial charge on any atom is -0.489 e. The van der Waals surface area contributed by atoms with Gasteiger partial charge in [-0.25, -0.2) is 9.48 Å². The largest absolute Gasteiger partial charge is 0.489 e. The Labute approximate surface area is 191 Å². The van der Waals surface area contributed by atoms with E-state index in [1.165, 1.54) is 0 Å². The number of hydrogen-bond donors (Lipinski definition) is 1. The lowest BCUT2D eigenvalue weighted by molar-refractivity contribution is -0.139. The highest BCUT2D eigenvalue weighted by molar-refractivity contribution is 7.99. The van der Waals surface area contributed by atoms with E-state index in [-0.39, 0.29) is 5.97 Å². The van der Waals surface area contributed by atoms with E-state index in [2.05, 4.69) is 22.3 Å². The highest BCUT2D eigenvalue weighted by Crippen LogP contribution is 2.37. The summed E-state index contributed by atoms with van der Waals surface area (Å²) >= 11 is 1.56. The number of fused-ring (bicyclic) bond motifs is 1. The van der Waals surface area contributed by atoms with E-state index < -0.39 is 6.04 Å². The van der Waals surface area contributed by atoms with E-state index in [9.17, 15) is 4.79 Å². The summed E-state index contributed by atoms with van der Waals surface area (Å²) < 4.78 is 13.0. The Morgan fingerprint density at radius 3 is 2.56 bits per heavy atom. The number of esters is 1. The number of anilines is 1. The molecule has 8 heteroatoms. The molecule has 4 rings (SSSR count). The van der Waals surface area contributed by atoms with Gasteiger partial charge in [-0.2, -0.15) is 4.98 Å². The number of rotatable bonds is 8. The topological polar surface area (TPSA) is 78.3 Å². The Hall–Kier alpha value is -3.26. The number of nitrogens with zero attached hydrogens (tertiary/aromatic N) is 3. The van der Waals surface area contributed by atoms with E-state index in [0.717, 1.165) is 22.6 Å². The summed E-state index contributed by atoms with van der Waals surface area (Å²) in [5, 5.41) is 8.53. The van der Waals surface area contributed by atoms with Crippen LogP contribution < -0.4 is 10.1 Å². The summed E-state index contributed by atoms with van der Waals surface area (Å²) in [6.45, 7) is 6.51. The molecule has 0 spiro atoms. The number of carbonyl (C=O) groups excluding carboxylic acids is 1. The molecule has 0 amide bonds. The molecule has 0 radical (unpaired) electrons. The molecule has 0 bridgehead atoms. The molecule has 1 aliphatic rings. The summed E-state index contributed by atoms with van der Waals surface area (Å²) in [6, 6.07) is 17.3. The van der Waals surface area contributed by atoms with Crippen LogP contribution in [0.15, 0.2) is 71.0 Å². The number of carbonyl (C=O) groups is 1. The fourth-order valence-corrected chi connectivity index (χ4v) is 4.15. The molecule has 32 heavy (non-hydrogen) atoms. The van der Waals surface area contributed by atoms with Crippen molar-refractivity contribution in [3.8, 4) is 5.75 Å². The van der Waals surface area contributed by atoms with Gasteiger partial charge >= 0.3 is 5.97 Å². The Kier molecular flexibility index (Phi) is 6.80. The number of ether oxygens (including phenoxy) is 2. The summed E-state index contributed by atoms with van der Waals surface area (Å²) in [7, 11) is 0. The molecule has 1 aromatic heterocycles. The first kappa shape index (κ1) is 22.0. The second-order valence-corrected chi connectivity index (χ2v) is 8.46. The minimum absolute atomic E-state index is 0.301. The molecule has 2 aromatic carbocycles. The van der Waals surface area contributed by atoms with Crippen LogP contribution in [0.3, 0.4) is 0 Å². The Morgan fingerprint density at radius 1 is 1.12 bits per heavy atom. The normalized spacial score (nSPS) is 15.2. The molecule has 0 saturated carbocycles. The van der Waals surface area contributed by atoms with Gasteiger partial charge in [0.25, 0.3) is 0 Å². The Bertz CT molecular complexity index is 1110. The number of hydrogen-bond acceptors (Lipinski definition) is 7. The molecule has 0 saturated heterocycles. The molecule has 0 aliphatic carbocycles. The van der Waals surface area contributed by atoms with E-state index in [1.54, 1.807) is 23.4 Å². The van der Waals surface area contributed by atoms with Gasteiger partial charge in [0.05, 0.1) is 12.2 Å². The van der Waals surface area contributed by atoms with Crippen molar-refractivity contribution in [3.05, 3.63) is 77.0 Å². The molecular formula is C24H26N4O3S. The quantitative estimate of drug-likeness (QED) is 0.389. The molecule has 1 aliphatic heterocycles. The standard InChI is InChI=1S/C24H26N4O3S/c1-4-30-22(29)20-16(3)25-23-26-24(32-5-2)27-28(23)21(20)18-11-13-19(14-12-18)31-15-17-9-7-6-8-10-17/h6-14,21H,4-5,15H2,1-3H3,(H,25,26,27). The highest BCUT2D eigenvalue weighted by atomic mass is 32.2. The van der Waals surface area contributed by atoms with Crippen LogP contribution in [0, 0.1) is 0 Å². The van der Waals surface area contributed by atoms with Gasteiger partial charge in [-0.15, -0.1) is 5.10 Å². The third-order valence-corrected chi connectivity index (χ3v) is 5.77. The molecule has 7 nitrogen and oxygen atoms in total. The maximum atomic E-state index is 12.8. The van der Waals surface area contributed by atoms with Gasteiger partial charge in [-0.1, -0.05) is 61.2 Å². The summed E-state index contributed by atoms with van der Waals surface area (Å²) in [4.78, 5) is 17.4. The van der Waals surface area contributed by atoms with Crippen molar-refractivity contribution in [2.45, 2.75) is 38.6 Å². The van der Waals surface area contributed by atoms with Crippen LogP contribution in [0.5, 0.6) is 5.75 Å². The van der Waals surface area contributed by atoms with Crippen LogP contribution >= 0.6 is 11.8 Å². The van der Waals surface area contributed by atoms with Gasteiger partial charge in [-0.05, 0) is 42.9 Å². The lowest BCUT2D eigenvalue weighted by Crippen LogP contribution is -2.29. The fraction of sp³-hybridized carbons (Fsp3) is 0.292. The Balaban J connectivity index is 1.64. The van der Waals surface area contributed by atoms with Crippen LogP contribution in [0.25, 0.3) is 0 Å². The number of nitrogens with one attached hydrogen (secondary N) is 1. The molecular weight excluding hydrogens is 424 g/mol. The number of aromatic nitrogens is 3. The predicted molar refractivity (Wildman–Crippen MR) is 125 cm³/mol. The molecule has 3 aromatic rings. The van der Waals surface area contributed by atoms with E-state index in [4.69, 9.17) is 9.47 Å². The van der Waals surface area contributed by atoms with Crippen molar-refractivity contribution < 1.29 is 14.3 Å². The van der Waals surface area contributed by atoms with E-state index >= 15 is 0 Å². The average molecular weight is 451 g/mol. The molecule has 0 fully saturated rings. The molecule has 1 atom stereocenters. The third-order valence-electron chi connectivity index (χ3n) is 5.05. The zero-order valence-electron chi connectivity index (χ0n) is 18.4. The maximum absolute atomic E-state index is 12.8. The first-order valence-corrected chi connectivity index (χ1v) is 11.6. The van der Waals surface area contributed by atoms with Crippen molar-refractivity contribution >= 4 is 23.7 Å². The highest BCUT2D eigenvalue weighted by Gasteiger charge is 2.35. The molecule has 1 N–H and O–H groups in total. The van der Waals surface area contributed by atoms with Crippen LogP contribution in [0.4, 0.5) is 5.95 Å². The third kappa shape index (κ3) is 4.65. The lowest BCUT2D eigenvalue weighted by Gasteiger charge is -2.28. The van der Waals surface area contributed by atoms with Crippen molar-refractivity contribution in [3.63, 3.8) is 0 Å². The predicted octanol–water partition coefficient (Wildman–Crippen LogP) is 4.82. The zero-order valence-corrected chi connectivity index (χ0v) is 19.2. The van der Waals surface area contributed by atoms with Crippen LogP contribution in [0.2, 0.25) is 0 Å². The number of thioether (sulfide) groups is 1. The van der Waals surface area contributed by atoms with Gasteiger partial charge in [0, 0.05) is 5.70 Å². The van der Waals surface area contributed by atoms with Gasteiger partial charge < -0.3 is 14.8 Å². The molecule has 166 valence electrons. The van der Waals surface area contributed by atoms with Gasteiger partial charge in [-0.3, -0.25) is 0 Å². The van der Waals surface area contributed by atoms with Gasteiger partial charge in [0.2, 0.25) is 11.1 Å². The van der Waals surface area contributed by atoms with Gasteiger partial charge in [0.1, 0.15) is 18.4 Å². The SMILES string of the molecule is CCOC(=O)C1=C(C)Nc2nc(SCC)nn2C1c1ccc(OCc2ccccc2)cc1. The Morgan fingerprint density at radius 2 is 1.88 bits per heavy atom. The monoisotopic (exact) mass is 450 g/mol. The first-order valence-electron chi connectivity index (χ1n) is 10.6. The smallest absolute Gasteiger partial charge is 0.338 e.